The summed E-state index contributed by atoms with van der Waals surface area (Å²) >= 11 is 0. The van der Waals surface area contributed by atoms with Crippen LogP contribution in [0, 0.1) is 0 Å². The molecular formula is C24H30NP3. The molecule has 28 heavy (non-hydrogen) atoms. The Morgan fingerprint density at radius 3 is 0.929 bits per heavy atom. The SMILES string of the molecule is CP(C)c1ccccc1N(c1ccccc1P(C)C)c1ccccc1P(C)C. The van der Waals surface area contributed by atoms with Crippen LogP contribution in [-0.4, -0.2) is 40.0 Å². The van der Waals surface area contributed by atoms with Gasteiger partial charge in [-0.3, -0.25) is 0 Å². The van der Waals surface area contributed by atoms with Crippen LogP contribution in [0.4, 0.5) is 17.1 Å². The van der Waals surface area contributed by atoms with E-state index in [9.17, 15) is 0 Å². The van der Waals surface area contributed by atoms with E-state index in [4.69, 9.17) is 0 Å². The molecule has 3 rings (SSSR count). The van der Waals surface area contributed by atoms with Crippen LogP contribution in [0.2, 0.25) is 0 Å². The van der Waals surface area contributed by atoms with Gasteiger partial charge in [-0.2, -0.15) is 0 Å². The molecule has 0 spiro atoms. The third-order valence-corrected chi connectivity index (χ3v) is 8.84. The highest BCUT2D eigenvalue weighted by molar-refractivity contribution is 7.65. The van der Waals surface area contributed by atoms with Gasteiger partial charge in [0, 0.05) is 0 Å². The molecule has 1 nitrogen and oxygen atoms in total. The molecule has 146 valence electrons. The van der Waals surface area contributed by atoms with Crippen LogP contribution in [0.3, 0.4) is 0 Å². The minimum Gasteiger partial charge on any atom is -0.309 e. The Kier molecular flexibility index (Phi) is 7.28. The van der Waals surface area contributed by atoms with Crippen LogP contribution in [0.15, 0.2) is 72.8 Å². The van der Waals surface area contributed by atoms with Crippen molar-refractivity contribution in [3.63, 3.8) is 0 Å². The van der Waals surface area contributed by atoms with Gasteiger partial charge in [-0.05, 0) is 74.1 Å². The topological polar surface area (TPSA) is 3.24 Å². The van der Waals surface area contributed by atoms with E-state index in [2.05, 4.69) is 118 Å². The van der Waals surface area contributed by atoms with Gasteiger partial charge in [0.25, 0.3) is 0 Å². The zero-order valence-electron chi connectivity index (χ0n) is 17.7. The minimum absolute atomic E-state index is 0.211. The summed E-state index contributed by atoms with van der Waals surface area (Å²) < 4.78 is 0. The molecule has 4 heteroatoms. The first-order valence-electron chi connectivity index (χ1n) is 9.51. The first kappa shape index (κ1) is 21.5. The lowest BCUT2D eigenvalue weighted by Gasteiger charge is -2.33. The highest BCUT2D eigenvalue weighted by Gasteiger charge is 2.23. The Morgan fingerprint density at radius 2 is 0.679 bits per heavy atom. The smallest absolute Gasteiger partial charge is 0.0538 e. The molecule has 0 saturated heterocycles. The third kappa shape index (κ3) is 4.49. The van der Waals surface area contributed by atoms with Gasteiger partial charge in [-0.15, -0.1) is 0 Å². The summed E-state index contributed by atoms with van der Waals surface area (Å²) in [6.07, 6.45) is 0. The molecule has 3 aromatic carbocycles. The number of rotatable bonds is 6. The minimum atomic E-state index is -0.211. The Hall–Kier alpha value is -1.25. The van der Waals surface area contributed by atoms with E-state index in [1.54, 1.807) is 0 Å². The van der Waals surface area contributed by atoms with Crippen LogP contribution >= 0.6 is 23.8 Å². The summed E-state index contributed by atoms with van der Waals surface area (Å²) in [7, 11) is -0.632. The van der Waals surface area contributed by atoms with Crippen molar-refractivity contribution in [3.05, 3.63) is 72.8 Å². The van der Waals surface area contributed by atoms with Crippen LogP contribution < -0.4 is 20.8 Å². The first-order chi connectivity index (χ1) is 13.4. The fourth-order valence-corrected chi connectivity index (χ4v) is 6.53. The van der Waals surface area contributed by atoms with E-state index < -0.39 is 0 Å². The van der Waals surface area contributed by atoms with E-state index >= 15 is 0 Å². The van der Waals surface area contributed by atoms with Gasteiger partial charge in [0.05, 0.1) is 17.1 Å². The van der Waals surface area contributed by atoms with E-state index in [1.807, 2.05) is 0 Å². The maximum Gasteiger partial charge on any atom is 0.0538 e. The van der Waals surface area contributed by atoms with Crippen LogP contribution in [0.1, 0.15) is 0 Å². The molecule has 0 amide bonds. The molecule has 0 bridgehead atoms. The molecule has 0 aliphatic heterocycles. The summed E-state index contributed by atoms with van der Waals surface area (Å²) in [6.45, 7) is 14.1. The maximum absolute atomic E-state index is 2.53. The molecule has 0 saturated carbocycles. The molecule has 0 aromatic heterocycles. The lowest BCUT2D eigenvalue weighted by molar-refractivity contribution is 1.32. The molecule has 0 heterocycles. The fraction of sp³-hybridized carbons (Fsp3) is 0.250. The van der Waals surface area contributed by atoms with Crippen molar-refractivity contribution < 1.29 is 0 Å². The van der Waals surface area contributed by atoms with Crippen LogP contribution in [0.25, 0.3) is 0 Å². The molecule has 0 atom stereocenters. The predicted octanol–water partition coefficient (Wildman–Crippen LogP) is 6.26. The average Bonchev–Trinajstić information content (AvgIpc) is 2.69. The van der Waals surface area contributed by atoms with Crippen LogP contribution in [-0.2, 0) is 0 Å². The predicted molar refractivity (Wildman–Crippen MR) is 136 cm³/mol. The second-order valence-electron chi connectivity index (χ2n) is 7.48. The molecule has 0 radical (unpaired) electrons. The Morgan fingerprint density at radius 1 is 0.429 bits per heavy atom. The van der Waals surface area contributed by atoms with Crippen molar-refractivity contribution in [2.75, 3.05) is 44.9 Å². The molecule has 0 fully saturated rings. The fourth-order valence-electron chi connectivity index (χ4n) is 3.48. The summed E-state index contributed by atoms with van der Waals surface area (Å²) in [6, 6.07) is 26.9. The van der Waals surface area contributed by atoms with E-state index in [0.29, 0.717) is 0 Å². The second kappa shape index (κ2) is 9.50. The largest absolute Gasteiger partial charge is 0.309 e. The quantitative estimate of drug-likeness (QED) is 0.422. The van der Waals surface area contributed by atoms with Gasteiger partial charge in [0.2, 0.25) is 0 Å². The monoisotopic (exact) mass is 425 g/mol. The maximum atomic E-state index is 2.53. The van der Waals surface area contributed by atoms with Gasteiger partial charge in [-0.25, -0.2) is 0 Å². The van der Waals surface area contributed by atoms with Crippen molar-refractivity contribution in [2.45, 2.75) is 0 Å². The molecule has 0 aliphatic carbocycles. The molecule has 0 N–H and O–H groups in total. The molecule has 0 aliphatic rings. The number of hydrogen-bond acceptors (Lipinski definition) is 1. The van der Waals surface area contributed by atoms with E-state index in [-0.39, 0.29) is 23.8 Å². The van der Waals surface area contributed by atoms with Gasteiger partial charge in [0.1, 0.15) is 0 Å². The van der Waals surface area contributed by atoms with E-state index in [1.165, 1.54) is 33.0 Å². The highest BCUT2D eigenvalue weighted by atomic mass is 31.1. The highest BCUT2D eigenvalue weighted by Crippen LogP contribution is 2.42. The van der Waals surface area contributed by atoms with Crippen LogP contribution in [0.5, 0.6) is 0 Å². The summed E-state index contributed by atoms with van der Waals surface area (Å²) in [5.41, 5.74) is 3.98. The van der Waals surface area contributed by atoms with Gasteiger partial charge in [-0.1, -0.05) is 78.4 Å². The Balaban J connectivity index is 2.35. The van der Waals surface area contributed by atoms with Crippen molar-refractivity contribution in [2.24, 2.45) is 0 Å². The lowest BCUT2D eigenvalue weighted by Crippen LogP contribution is -2.26. The van der Waals surface area contributed by atoms with Crippen molar-refractivity contribution >= 4 is 56.7 Å². The van der Waals surface area contributed by atoms with Crippen molar-refractivity contribution in [3.8, 4) is 0 Å². The Labute approximate surface area is 174 Å². The van der Waals surface area contributed by atoms with Gasteiger partial charge >= 0.3 is 0 Å². The molecule has 0 unspecified atom stereocenters. The summed E-state index contributed by atoms with van der Waals surface area (Å²) in [5.74, 6) is 0. The molecule has 3 aromatic rings. The van der Waals surface area contributed by atoms with E-state index in [0.717, 1.165) is 0 Å². The lowest BCUT2D eigenvalue weighted by atomic mass is 10.2. The van der Waals surface area contributed by atoms with Crippen molar-refractivity contribution in [1.29, 1.82) is 0 Å². The number of anilines is 3. The first-order valence-corrected chi connectivity index (χ1v) is 16.2. The number of para-hydroxylation sites is 3. The number of nitrogens with zero attached hydrogens (tertiary/aromatic N) is 1. The summed E-state index contributed by atoms with van der Waals surface area (Å²) in [5, 5.41) is 4.36. The van der Waals surface area contributed by atoms with Gasteiger partial charge in [0.15, 0.2) is 0 Å². The van der Waals surface area contributed by atoms with Crippen molar-refractivity contribution in [1.82, 2.24) is 0 Å². The Bertz CT molecular complexity index is 812. The third-order valence-electron chi connectivity index (χ3n) is 4.81. The summed E-state index contributed by atoms with van der Waals surface area (Å²) in [4.78, 5) is 2.53. The zero-order chi connectivity index (χ0) is 20.3. The molecular weight excluding hydrogens is 395 g/mol. The number of benzene rings is 3. The number of hydrogen-bond donors (Lipinski definition) is 0. The second-order valence-corrected chi connectivity index (χ2v) is 14.3. The normalized spacial score (nSPS) is 11.5. The zero-order valence-corrected chi connectivity index (χ0v) is 20.4. The van der Waals surface area contributed by atoms with Gasteiger partial charge < -0.3 is 4.90 Å². The standard InChI is InChI=1S/C24H30NP3/c1-26(2)22-16-10-7-13-19(22)25(20-14-8-11-17-23(20)27(3)4)21-15-9-12-18-24(21)28(5)6/h7-18H,1-6H3. The average molecular weight is 425 g/mol.